The molecule has 1 fully saturated rings. The highest BCUT2D eigenvalue weighted by Crippen LogP contribution is 2.24. The number of carbonyl (C=O) groups excluding carboxylic acids is 2. The summed E-state index contributed by atoms with van der Waals surface area (Å²) in [6.45, 7) is 3.66. The molecule has 2 heterocycles. The third-order valence-corrected chi connectivity index (χ3v) is 5.27. The number of aromatic nitrogens is 2. The van der Waals surface area contributed by atoms with E-state index in [2.05, 4.69) is 4.98 Å². The summed E-state index contributed by atoms with van der Waals surface area (Å²) in [6.07, 6.45) is 6.30. The molecule has 1 aliphatic rings. The number of carbonyl (C=O) groups is 2. The van der Waals surface area contributed by atoms with E-state index in [1.807, 2.05) is 17.7 Å². The van der Waals surface area contributed by atoms with Crippen LogP contribution in [0, 0.1) is 11.7 Å². The van der Waals surface area contributed by atoms with Crippen LogP contribution in [-0.2, 0) is 17.8 Å². The van der Waals surface area contributed by atoms with Gasteiger partial charge in [0, 0.05) is 56.4 Å². The summed E-state index contributed by atoms with van der Waals surface area (Å²) >= 11 is 0. The van der Waals surface area contributed by atoms with Crippen molar-refractivity contribution >= 4 is 11.7 Å². The first kappa shape index (κ1) is 20.0. The average Bonchev–Trinajstić information content (AvgIpc) is 3.19. The summed E-state index contributed by atoms with van der Waals surface area (Å²) in [5, 5.41) is 0. The van der Waals surface area contributed by atoms with Gasteiger partial charge in [-0.15, -0.1) is 0 Å². The van der Waals surface area contributed by atoms with Gasteiger partial charge in [-0.3, -0.25) is 9.59 Å². The Morgan fingerprint density at radius 2 is 2.18 bits per heavy atom. The minimum absolute atomic E-state index is 0.0363. The van der Waals surface area contributed by atoms with Gasteiger partial charge in [0.15, 0.2) is 17.3 Å². The number of ether oxygens (including phenoxy) is 1. The van der Waals surface area contributed by atoms with E-state index in [0.717, 1.165) is 18.7 Å². The molecule has 1 amide bonds. The number of halogens is 1. The van der Waals surface area contributed by atoms with Crippen molar-refractivity contribution in [2.45, 2.75) is 39.2 Å². The average molecular weight is 387 g/mol. The Morgan fingerprint density at radius 3 is 2.89 bits per heavy atom. The number of benzene rings is 1. The first-order valence-electron chi connectivity index (χ1n) is 9.69. The number of ketones is 1. The Balaban J connectivity index is 1.60. The Kier molecular flexibility index (Phi) is 6.44. The predicted molar refractivity (Wildman–Crippen MR) is 103 cm³/mol. The zero-order valence-electron chi connectivity index (χ0n) is 16.4. The Bertz CT molecular complexity index is 849. The largest absolute Gasteiger partial charge is 0.494 e. The number of imidazole rings is 1. The first-order valence-corrected chi connectivity index (χ1v) is 9.69. The molecule has 1 aromatic carbocycles. The zero-order valence-corrected chi connectivity index (χ0v) is 16.4. The number of nitrogens with zero attached hydrogens (tertiary/aromatic N) is 3. The van der Waals surface area contributed by atoms with Crippen LogP contribution in [0.1, 0.15) is 42.4 Å². The number of piperidine rings is 1. The molecule has 0 radical (unpaired) electrons. The minimum atomic E-state index is -0.552. The molecular formula is C21H26FN3O3. The van der Waals surface area contributed by atoms with E-state index in [4.69, 9.17) is 4.74 Å². The van der Waals surface area contributed by atoms with Crippen molar-refractivity contribution in [3.63, 3.8) is 0 Å². The van der Waals surface area contributed by atoms with Crippen molar-refractivity contribution in [3.05, 3.63) is 47.8 Å². The van der Waals surface area contributed by atoms with Crippen LogP contribution in [0.3, 0.4) is 0 Å². The molecule has 28 heavy (non-hydrogen) atoms. The van der Waals surface area contributed by atoms with Gasteiger partial charge in [0.25, 0.3) is 0 Å². The molecule has 0 spiro atoms. The third-order valence-electron chi connectivity index (χ3n) is 5.27. The smallest absolute Gasteiger partial charge is 0.224 e. The second kappa shape index (κ2) is 8.99. The normalized spacial score (nSPS) is 16.8. The van der Waals surface area contributed by atoms with Gasteiger partial charge < -0.3 is 14.2 Å². The van der Waals surface area contributed by atoms with E-state index in [-0.39, 0.29) is 23.4 Å². The van der Waals surface area contributed by atoms with Crippen molar-refractivity contribution < 1.29 is 18.7 Å². The first-order chi connectivity index (χ1) is 13.5. The van der Waals surface area contributed by atoms with Crippen LogP contribution in [0.25, 0.3) is 0 Å². The van der Waals surface area contributed by atoms with Gasteiger partial charge in [-0.05, 0) is 31.0 Å². The van der Waals surface area contributed by atoms with Crippen LogP contribution in [-0.4, -0.2) is 46.3 Å². The summed E-state index contributed by atoms with van der Waals surface area (Å²) in [5.74, 6) is 0.133. The number of amides is 1. The molecule has 1 atom stereocenters. The van der Waals surface area contributed by atoms with Gasteiger partial charge in [0.1, 0.15) is 5.82 Å². The number of methoxy groups -OCH3 is 1. The molecular weight excluding hydrogens is 361 g/mol. The maximum absolute atomic E-state index is 13.9. The number of hydrogen-bond donors (Lipinski definition) is 0. The lowest BCUT2D eigenvalue weighted by atomic mass is 9.89. The number of Topliss-reactive ketones (excluding diaryl/α,β-unsaturated/α-hetero) is 1. The number of hydrogen-bond acceptors (Lipinski definition) is 4. The summed E-state index contributed by atoms with van der Waals surface area (Å²) < 4.78 is 20.8. The molecule has 1 aromatic heterocycles. The predicted octanol–water partition coefficient (Wildman–Crippen LogP) is 3.10. The summed E-state index contributed by atoms with van der Waals surface area (Å²) in [6, 6.07) is 4.26. The van der Waals surface area contributed by atoms with E-state index < -0.39 is 5.82 Å². The standard InChI is InChI=1S/C21H26FN3O3/c1-3-19-23-9-12-24(19)11-8-20(26)25-10-4-5-16(14-25)21(27)15-6-7-18(28-2)17(22)13-15/h6-7,9,12-13,16H,3-5,8,10-11,14H2,1-2H3/t16-/m0/s1. The van der Waals surface area contributed by atoms with Crippen molar-refractivity contribution in [1.82, 2.24) is 14.5 Å². The SMILES string of the molecule is CCc1nccn1CCC(=O)N1CCC[C@H](C(=O)c2ccc(OC)c(F)c2)C1. The van der Waals surface area contributed by atoms with Crippen LogP contribution >= 0.6 is 0 Å². The highest BCUT2D eigenvalue weighted by atomic mass is 19.1. The zero-order chi connectivity index (χ0) is 20.1. The Labute approximate surface area is 164 Å². The molecule has 6 nitrogen and oxygen atoms in total. The van der Waals surface area contributed by atoms with Gasteiger partial charge in [0.05, 0.1) is 7.11 Å². The lowest BCUT2D eigenvalue weighted by Gasteiger charge is -2.32. The molecule has 0 unspecified atom stereocenters. The summed E-state index contributed by atoms with van der Waals surface area (Å²) in [7, 11) is 1.39. The Morgan fingerprint density at radius 1 is 1.36 bits per heavy atom. The van der Waals surface area contributed by atoms with E-state index >= 15 is 0 Å². The molecule has 0 aliphatic carbocycles. The maximum atomic E-state index is 13.9. The van der Waals surface area contributed by atoms with Gasteiger partial charge in [-0.2, -0.15) is 0 Å². The third kappa shape index (κ3) is 4.40. The quantitative estimate of drug-likeness (QED) is 0.685. The van der Waals surface area contributed by atoms with Crippen molar-refractivity contribution in [2.75, 3.05) is 20.2 Å². The van der Waals surface area contributed by atoms with Crippen molar-refractivity contribution in [1.29, 1.82) is 0 Å². The second-order valence-electron chi connectivity index (χ2n) is 7.03. The summed E-state index contributed by atoms with van der Waals surface area (Å²) in [5.41, 5.74) is 0.323. The van der Waals surface area contributed by atoms with Gasteiger partial charge in [-0.25, -0.2) is 9.37 Å². The van der Waals surface area contributed by atoms with E-state index in [0.29, 0.717) is 38.0 Å². The Hall–Kier alpha value is -2.70. The van der Waals surface area contributed by atoms with Crippen LogP contribution in [0.5, 0.6) is 5.75 Å². The fourth-order valence-corrected chi connectivity index (χ4v) is 3.71. The van der Waals surface area contributed by atoms with Gasteiger partial charge >= 0.3 is 0 Å². The monoisotopic (exact) mass is 387 g/mol. The van der Waals surface area contributed by atoms with Crippen LogP contribution in [0.15, 0.2) is 30.6 Å². The molecule has 0 saturated carbocycles. The molecule has 3 rings (SSSR count). The van der Waals surface area contributed by atoms with Crippen molar-refractivity contribution in [2.24, 2.45) is 5.92 Å². The second-order valence-corrected chi connectivity index (χ2v) is 7.03. The summed E-state index contributed by atoms with van der Waals surface area (Å²) in [4.78, 5) is 31.5. The molecule has 1 aliphatic heterocycles. The number of rotatable bonds is 7. The van der Waals surface area contributed by atoms with Crippen molar-refractivity contribution in [3.8, 4) is 5.75 Å². The van der Waals surface area contributed by atoms with Gasteiger partial charge in [-0.1, -0.05) is 6.92 Å². The molecule has 0 bridgehead atoms. The maximum Gasteiger partial charge on any atom is 0.224 e. The van der Waals surface area contributed by atoms with Crippen LogP contribution in [0.2, 0.25) is 0 Å². The fourth-order valence-electron chi connectivity index (χ4n) is 3.71. The van der Waals surface area contributed by atoms with Gasteiger partial charge in [0.2, 0.25) is 5.91 Å². The molecule has 7 heteroatoms. The molecule has 2 aromatic rings. The highest BCUT2D eigenvalue weighted by Gasteiger charge is 2.29. The fraction of sp³-hybridized carbons (Fsp3) is 0.476. The lowest BCUT2D eigenvalue weighted by Crippen LogP contribution is -2.42. The molecule has 1 saturated heterocycles. The van der Waals surface area contributed by atoms with Crippen LogP contribution < -0.4 is 4.74 Å². The number of likely N-dealkylation sites (tertiary alicyclic amines) is 1. The topological polar surface area (TPSA) is 64.4 Å². The number of aryl methyl sites for hydroxylation is 2. The molecule has 0 N–H and O–H groups in total. The van der Waals surface area contributed by atoms with E-state index in [9.17, 15) is 14.0 Å². The van der Waals surface area contributed by atoms with E-state index in [1.54, 1.807) is 17.2 Å². The molecule has 150 valence electrons. The highest BCUT2D eigenvalue weighted by molar-refractivity contribution is 5.98. The lowest BCUT2D eigenvalue weighted by molar-refractivity contribution is -0.132. The van der Waals surface area contributed by atoms with Crippen LogP contribution in [0.4, 0.5) is 4.39 Å². The van der Waals surface area contributed by atoms with E-state index in [1.165, 1.54) is 19.2 Å². The minimum Gasteiger partial charge on any atom is -0.494 e.